The fourth-order valence-electron chi connectivity index (χ4n) is 3.05. The Bertz CT molecular complexity index is 633. The first-order valence-corrected chi connectivity index (χ1v) is 8.55. The molecule has 24 heavy (non-hydrogen) atoms. The van der Waals surface area contributed by atoms with Crippen molar-refractivity contribution >= 4 is 5.69 Å². The maximum atomic E-state index is 5.93. The van der Waals surface area contributed by atoms with Crippen LogP contribution < -0.4 is 15.0 Å². The van der Waals surface area contributed by atoms with E-state index in [4.69, 9.17) is 9.47 Å². The van der Waals surface area contributed by atoms with Crippen LogP contribution in [0.25, 0.3) is 0 Å². The van der Waals surface area contributed by atoms with Crippen molar-refractivity contribution in [3.8, 4) is 5.75 Å². The van der Waals surface area contributed by atoms with Crippen LogP contribution in [-0.4, -0.2) is 39.5 Å². The van der Waals surface area contributed by atoms with Gasteiger partial charge in [0.2, 0.25) is 0 Å². The van der Waals surface area contributed by atoms with E-state index in [9.17, 15) is 0 Å². The van der Waals surface area contributed by atoms with Gasteiger partial charge in [0.05, 0.1) is 19.8 Å². The van der Waals surface area contributed by atoms with E-state index >= 15 is 0 Å². The van der Waals surface area contributed by atoms with Crippen molar-refractivity contribution in [2.75, 3.05) is 38.3 Å². The molecular weight excluding hydrogens is 300 g/mol. The number of para-hydroxylation sites is 1. The Morgan fingerprint density at radius 3 is 2.83 bits per heavy atom. The summed E-state index contributed by atoms with van der Waals surface area (Å²) in [4.78, 5) is 2.39. The third-order valence-electron chi connectivity index (χ3n) is 4.51. The summed E-state index contributed by atoms with van der Waals surface area (Å²) in [5.74, 6) is 0.894. The minimum Gasteiger partial charge on any atom is -0.497 e. The number of morpholine rings is 1. The van der Waals surface area contributed by atoms with Gasteiger partial charge in [-0.15, -0.1) is 0 Å². The predicted molar refractivity (Wildman–Crippen MR) is 97.8 cm³/mol. The van der Waals surface area contributed by atoms with Gasteiger partial charge in [-0.2, -0.15) is 0 Å². The lowest BCUT2D eigenvalue weighted by Gasteiger charge is -2.35. The molecule has 1 aliphatic rings. The second kappa shape index (κ2) is 8.18. The molecule has 1 heterocycles. The van der Waals surface area contributed by atoms with Gasteiger partial charge in [-0.25, -0.2) is 0 Å². The number of methoxy groups -OCH3 is 1. The number of nitrogens with zero attached hydrogens (tertiary/aromatic N) is 1. The molecule has 3 rings (SSSR count). The smallest absolute Gasteiger partial charge is 0.119 e. The van der Waals surface area contributed by atoms with E-state index in [2.05, 4.69) is 59.6 Å². The molecule has 4 heteroatoms. The lowest BCUT2D eigenvalue weighted by atomic mass is 10.1. The average Bonchev–Trinajstić information content (AvgIpc) is 2.67. The molecule has 1 N–H and O–H groups in total. The fraction of sp³-hybridized carbons (Fsp3) is 0.400. The Labute approximate surface area is 144 Å². The maximum absolute atomic E-state index is 5.93. The van der Waals surface area contributed by atoms with E-state index in [0.717, 1.165) is 32.0 Å². The Hall–Kier alpha value is -2.04. The van der Waals surface area contributed by atoms with Gasteiger partial charge in [0.25, 0.3) is 0 Å². The van der Waals surface area contributed by atoms with Crippen molar-refractivity contribution in [2.45, 2.75) is 19.1 Å². The molecule has 0 aromatic heterocycles. The summed E-state index contributed by atoms with van der Waals surface area (Å²) in [5.41, 5.74) is 2.50. The quantitative estimate of drug-likeness (QED) is 0.883. The Morgan fingerprint density at radius 1 is 1.21 bits per heavy atom. The third kappa shape index (κ3) is 4.28. The molecule has 1 unspecified atom stereocenters. The SMILES string of the molecule is COc1cccc([C@@H](C)NCC2CN(c3ccccc3)CCO2)c1. The van der Waals surface area contributed by atoms with Crippen molar-refractivity contribution in [3.63, 3.8) is 0 Å². The summed E-state index contributed by atoms with van der Waals surface area (Å²) < 4.78 is 11.2. The van der Waals surface area contributed by atoms with E-state index in [-0.39, 0.29) is 12.1 Å². The minimum atomic E-state index is 0.201. The van der Waals surface area contributed by atoms with Crippen LogP contribution >= 0.6 is 0 Å². The lowest BCUT2D eigenvalue weighted by molar-refractivity contribution is 0.0394. The van der Waals surface area contributed by atoms with Crippen molar-refractivity contribution in [2.24, 2.45) is 0 Å². The molecule has 2 aromatic rings. The van der Waals surface area contributed by atoms with Gasteiger partial charge in [0.15, 0.2) is 0 Å². The average molecular weight is 326 g/mol. The lowest BCUT2D eigenvalue weighted by Crippen LogP contribution is -2.47. The molecule has 2 atom stereocenters. The Balaban J connectivity index is 1.54. The largest absolute Gasteiger partial charge is 0.497 e. The molecule has 0 bridgehead atoms. The van der Waals surface area contributed by atoms with Crippen molar-refractivity contribution in [1.82, 2.24) is 5.32 Å². The van der Waals surface area contributed by atoms with E-state index in [1.807, 2.05) is 12.1 Å². The minimum absolute atomic E-state index is 0.201. The van der Waals surface area contributed by atoms with Crippen LogP contribution in [0.1, 0.15) is 18.5 Å². The predicted octanol–water partition coefficient (Wildman–Crippen LogP) is 3.25. The highest BCUT2D eigenvalue weighted by atomic mass is 16.5. The molecule has 0 radical (unpaired) electrons. The van der Waals surface area contributed by atoms with E-state index < -0.39 is 0 Å². The number of rotatable bonds is 6. The standard InChI is InChI=1S/C20H26N2O2/c1-16(17-7-6-10-19(13-17)23-2)21-14-20-15-22(11-12-24-20)18-8-4-3-5-9-18/h3-10,13,16,20-21H,11-12,14-15H2,1-2H3/t16-,20?/m1/s1. The van der Waals surface area contributed by atoms with Crippen LogP contribution in [0.2, 0.25) is 0 Å². The number of nitrogens with one attached hydrogen (secondary N) is 1. The zero-order valence-corrected chi connectivity index (χ0v) is 14.4. The number of benzene rings is 2. The van der Waals surface area contributed by atoms with Gasteiger partial charge in [0.1, 0.15) is 5.75 Å². The molecule has 1 fully saturated rings. The number of hydrogen-bond donors (Lipinski definition) is 1. The zero-order valence-electron chi connectivity index (χ0n) is 14.4. The van der Waals surface area contributed by atoms with Crippen LogP contribution in [0.4, 0.5) is 5.69 Å². The van der Waals surface area contributed by atoms with Gasteiger partial charge in [-0.3, -0.25) is 0 Å². The molecule has 1 aliphatic heterocycles. The topological polar surface area (TPSA) is 33.7 Å². The second-order valence-electron chi connectivity index (χ2n) is 6.18. The summed E-state index contributed by atoms with van der Waals surface area (Å²) in [6, 6.07) is 19.0. The van der Waals surface area contributed by atoms with Crippen LogP contribution in [0, 0.1) is 0 Å². The summed E-state index contributed by atoms with van der Waals surface area (Å²) in [5, 5.41) is 3.58. The van der Waals surface area contributed by atoms with Crippen LogP contribution in [-0.2, 0) is 4.74 Å². The summed E-state index contributed by atoms with van der Waals surface area (Å²) in [6.07, 6.45) is 0.201. The summed E-state index contributed by atoms with van der Waals surface area (Å²) >= 11 is 0. The van der Waals surface area contributed by atoms with Crippen LogP contribution in [0.3, 0.4) is 0 Å². The number of ether oxygens (including phenoxy) is 2. The highest BCUT2D eigenvalue weighted by Crippen LogP contribution is 2.20. The van der Waals surface area contributed by atoms with Gasteiger partial charge >= 0.3 is 0 Å². The fourth-order valence-corrected chi connectivity index (χ4v) is 3.05. The molecule has 4 nitrogen and oxygen atoms in total. The van der Waals surface area contributed by atoms with Gasteiger partial charge in [0, 0.05) is 31.4 Å². The zero-order chi connectivity index (χ0) is 16.8. The van der Waals surface area contributed by atoms with Gasteiger partial charge in [-0.1, -0.05) is 30.3 Å². The van der Waals surface area contributed by atoms with Crippen molar-refractivity contribution in [3.05, 3.63) is 60.2 Å². The Morgan fingerprint density at radius 2 is 2.04 bits per heavy atom. The first-order valence-electron chi connectivity index (χ1n) is 8.55. The monoisotopic (exact) mass is 326 g/mol. The molecule has 0 amide bonds. The summed E-state index contributed by atoms with van der Waals surface area (Å²) in [7, 11) is 1.70. The number of anilines is 1. The highest BCUT2D eigenvalue weighted by molar-refractivity contribution is 5.46. The normalized spacial score (nSPS) is 19.1. The van der Waals surface area contributed by atoms with Gasteiger partial charge in [-0.05, 0) is 36.8 Å². The molecule has 0 aliphatic carbocycles. The van der Waals surface area contributed by atoms with Gasteiger partial charge < -0.3 is 19.7 Å². The van der Waals surface area contributed by atoms with Crippen molar-refractivity contribution < 1.29 is 9.47 Å². The molecule has 1 saturated heterocycles. The van der Waals surface area contributed by atoms with Crippen LogP contribution in [0.5, 0.6) is 5.75 Å². The number of hydrogen-bond acceptors (Lipinski definition) is 4. The molecule has 0 saturated carbocycles. The second-order valence-corrected chi connectivity index (χ2v) is 6.18. The van der Waals surface area contributed by atoms with E-state index in [0.29, 0.717) is 0 Å². The first kappa shape index (κ1) is 16.8. The van der Waals surface area contributed by atoms with E-state index in [1.165, 1.54) is 11.3 Å². The van der Waals surface area contributed by atoms with Crippen molar-refractivity contribution in [1.29, 1.82) is 0 Å². The molecule has 2 aromatic carbocycles. The third-order valence-corrected chi connectivity index (χ3v) is 4.51. The maximum Gasteiger partial charge on any atom is 0.119 e. The molecule has 0 spiro atoms. The summed E-state index contributed by atoms with van der Waals surface area (Å²) in [6.45, 7) is 5.65. The highest BCUT2D eigenvalue weighted by Gasteiger charge is 2.21. The Kier molecular flexibility index (Phi) is 5.72. The molecular formula is C20H26N2O2. The van der Waals surface area contributed by atoms with Crippen LogP contribution in [0.15, 0.2) is 54.6 Å². The first-order chi connectivity index (χ1) is 11.8. The molecule has 128 valence electrons. The van der Waals surface area contributed by atoms with E-state index in [1.54, 1.807) is 7.11 Å².